The summed E-state index contributed by atoms with van der Waals surface area (Å²) in [5.41, 5.74) is 5.29. The first-order valence-electron chi connectivity index (χ1n) is 9.16. The van der Waals surface area contributed by atoms with Crippen LogP contribution in [0.5, 0.6) is 0 Å². The lowest BCUT2D eigenvalue weighted by molar-refractivity contribution is 0.0718. The van der Waals surface area contributed by atoms with E-state index in [1.807, 2.05) is 41.4 Å². The van der Waals surface area contributed by atoms with Gasteiger partial charge in [-0.1, -0.05) is 0 Å². The Morgan fingerprint density at radius 1 is 1.23 bits per heavy atom. The van der Waals surface area contributed by atoms with E-state index in [9.17, 15) is 4.79 Å². The number of pyridine rings is 1. The molecule has 2 N–H and O–H groups in total. The molecule has 5 nitrogen and oxygen atoms in total. The summed E-state index contributed by atoms with van der Waals surface area (Å²) in [7, 11) is 0. The zero-order valence-corrected chi connectivity index (χ0v) is 15.2. The molecule has 4 rings (SSSR count). The maximum Gasteiger partial charge on any atom is 0.253 e. The van der Waals surface area contributed by atoms with Crippen molar-refractivity contribution in [2.75, 3.05) is 18.4 Å². The van der Waals surface area contributed by atoms with E-state index >= 15 is 0 Å². The van der Waals surface area contributed by atoms with E-state index in [2.05, 4.69) is 29.1 Å². The number of aryl methyl sites for hydroxylation is 2. The molecular weight excluding hydrogens is 324 g/mol. The first-order valence-corrected chi connectivity index (χ1v) is 9.16. The summed E-state index contributed by atoms with van der Waals surface area (Å²) in [5.74, 6) is 0.130. The van der Waals surface area contributed by atoms with Crippen LogP contribution in [0.15, 0.2) is 42.7 Å². The Bertz CT molecular complexity index is 924. The molecule has 0 saturated carbocycles. The van der Waals surface area contributed by atoms with Crippen molar-refractivity contribution in [1.82, 2.24) is 14.9 Å². The fraction of sp³-hybridized carbons (Fsp3) is 0.333. The van der Waals surface area contributed by atoms with Crippen molar-refractivity contribution in [2.45, 2.75) is 32.7 Å². The topological polar surface area (TPSA) is 61.0 Å². The highest BCUT2D eigenvalue weighted by Crippen LogP contribution is 2.24. The molecule has 0 atom stereocenters. The van der Waals surface area contributed by atoms with Gasteiger partial charge in [0, 0.05) is 53.7 Å². The van der Waals surface area contributed by atoms with E-state index in [4.69, 9.17) is 0 Å². The van der Waals surface area contributed by atoms with E-state index in [1.54, 1.807) is 6.20 Å². The Morgan fingerprint density at radius 2 is 2.04 bits per heavy atom. The monoisotopic (exact) mass is 348 g/mol. The highest BCUT2D eigenvalue weighted by Gasteiger charge is 2.24. The maximum atomic E-state index is 12.9. The molecular formula is C21H24N4O. The number of carbonyl (C=O) groups excluding carboxylic acids is 1. The first kappa shape index (κ1) is 16.6. The number of nitrogens with one attached hydrogen (secondary N) is 2. The lowest BCUT2D eigenvalue weighted by Gasteiger charge is -2.33. The van der Waals surface area contributed by atoms with Crippen molar-refractivity contribution in [1.29, 1.82) is 0 Å². The lowest BCUT2D eigenvalue weighted by Crippen LogP contribution is -2.42. The number of nitrogens with zero attached hydrogens (tertiary/aromatic N) is 2. The normalized spacial score (nSPS) is 15.4. The second kappa shape index (κ2) is 6.83. The minimum Gasteiger partial charge on any atom is -0.381 e. The van der Waals surface area contributed by atoms with Crippen molar-refractivity contribution >= 4 is 22.5 Å². The number of benzene rings is 1. The number of rotatable bonds is 3. The number of aromatic amines is 1. The number of fused-ring (bicyclic) bond motifs is 1. The van der Waals surface area contributed by atoms with Gasteiger partial charge in [-0.3, -0.25) is 9.78 Å². The maximum absolute atomic E-state index is 12.9. The molecule has 134 valence electrons. The van der Waals surface area contributed by atoms with Crippen LogP contribution in [0.1, 0.15) is 34.5 Å². The molecule has 1 fully saturated rings. The summed E-state index contributed by atoms with van der Waals surface area (Å²) < 4.78 is 0. The summed E-state index contributed by atoms with van der Waals surface area (Å²) in [6.45, 7) is 5.72. The number of hydrogen-bond donors (Lipinski definition) is 2. The zero-order chi connectivity index (χ0) is 18.1. The van der Waals surface area contributed by atoms with Crippen molar-refractivity contribution in [3.05, 3.63) is 59.5 Å². The van der Waals surface area contributed by atoms with E-state index in [0.29, 0.717) is 6.04 Å². The molecule has 3 heterocycles. The number of amides is 1. The van der Waals surface area contributed by atoms with Gasteiger partial charge in [-0.25, -0.2) is 0 Å². The third-order valence-corrected chi connectivity index (χ3v) is 5.37. The van der Waals surface area contributed by atoms with Gasteiger partial charge in [-0.2, -0.15) is 0 Å². The molecule has 0 radical (unpaired) electrons. The molecule has 0 aliphatic carbocycles. The number of anilines is 1. The quantitative estimate of drug-likeness (QED) is 0.755. The van der Waals surface area contributed by atoms with Crippen LogP contribution in [-0.4, -0.2) is 39.9 Å². The average molecular weight is 348 g/mol. The SMILES string of the molecule is Cc1[nH]c2ccc(C(=O)N3CCC(Nc4cccnc4)CC3)cc2c1C. The molecule has 2 aromatic heterocycles. The van der Waals surface area contributed by atoms with Crippen LogP contribution in [0.4, 0.5) is 5.69 Å². The number of hydrogen-bond acceptors (Lipinski definition) is 3. The number of aromatic nitrogens is 2. The van der Waals surface area contributed by atoms with E-state index in [-0.39, 0.29) is 5.91 Å². The largest absolute Gasteiger partial charge is 0.381 e. The van der Waals surface area contributed by atoms with E-state index < -0.39 is 0 Å². The summed E-state index contributed by atoms with van der Waals surface area (Å²) in [5, 5.41) is 4.65. The van der Waals surface area contributed by atoms with Crippen molar-refractivity contribution in [3.63, 3.8) is 0 Å². The van der Waals surface area contributed by atoms with Gasteiger partial charge in [0.25, 0.3) is 5.91 Å². The number of piperidine rings is 1. The van der Waals surface area contributed by atoms with E-state index in [0.717, 1.165) is 53.8 Å². The van der Waals surface area contributed by atoms with Crippen LogP contribution in [-0.2, 0) is 0 Å². The van der Waals surface area contributed by atoms with Gasteiger partial charge in [-0.15, -0.1) is 0 Å². The fourth-order valence-electron chi connectivity index (χ4n) is 3.69. The first-order chi connectivity index (χ1) is 12.6. The molecule has 0 unspecified atom stereocenters. The van der Waals surface area contributed by atoms with Gasteiger partial charge >= 0.3 is 0 Å². The van der Waals surface area contributed by atoms with Crippen molar-refractivity contribution < 1.29 is 4.79 Å². The lowest BCUT2D eigenvalue weighted by atomic mass is 10.0. The molecule has 1 amide bonds. The molecule has 5 heteroatoms. The third-order valence-electron chi connectivity index (χ3n) is 5.37. The molecule has 0 spiro atoms. The van der Waals surface area contributed by atoms with Crippen LogP contribution in [0.25, 0.3) is 10.9 Å². The Labute approximate surface area is 153 Å². The number of likely N-dealkylation sites (tertiary alicyclic amines) is 1. The standard InChI is InChI=1S/C21H24N4O/c1-14-15(2)23-20-6-5-16(12-19(14)20)21(26)25-10-7-17(8-11-25)24-18-4-3-9-22-13-18/h3-6,9,12-13,17,23-24H,7-8,10-11H2,1-2H3. The molecule has 0 bridgehead atoms. The minimum absolute atomic E-state index is 0.130. The van der Waals surface area contributed by atoms with Crippen LogP contribution in [0.2, 0.25) is 0 Å². The second-order valence-corrected chi connectivity index (χ2v) is 7.09. The highest BCUT2D eigenvalue weighted by molar-refractivity contribution is 5.99. The minimum atomic E-state index is 0.130. The Balaban J connectivity index is 1.42. The Hall–Kier alpha value is -2.82. The van der Waals surface area contributed by atoms with Crippen LogP contribution >= 0.6 is 0 Å². The van der Waals surface area contributed by atoms with Crippen molar-refractivity contribution in [2.24, 2.45) is 0 Å². The van der Waals surface area contributed by atoms with Gasteiger partial charge in [0.05, 0.1) is 5.69 Å². The molecule has 26 heavy (non-hydrogen) atoms. The fourth-order valence-corrected chi connectivity index (χ4v) is 3.69. The molecule has 1 aliphatic heterocycles. The summed E-state index contributed by atoms with van der Waals surface area (Å²) in [6, 6.07) is 10.3. The van der Waals surface area contributed by atoms with Gasteiger partial charge in [0.15, 0.2) is 0 Å². The van der Waals surface area contributed by atoms with Crippen LogP contribution in [0.3, 0.4) is 0 Å². The summed E-state index contributed by atoms with van der Waals surface area (Å²) >= 11 is 0. The van der Waals surface area contributed by atoms with Crippen LogP contribution < -0.4 is 5.32 Å². The smallest absolute Gasteiger partial charge is 0.253 e. The van der Waals surface area contributed by atoms with Gasteiger partial charge in [0.1, 0.15) is 0 Å². The van der Waals surface area contributed by atoms with E-state index in [1.165, 1.54) is 5.56 Å². The highest BCUT2D eigenvalue weighted by atomic mass is 16.2. The molecule has 3 aromatic rings. The van der Waals surface area contributed by atoms with Gasteiger partial charge in [0.2, 0.25) is 0 Å². The molecule has 1 saturated heterocycles. The predicted octanol–water partition coefficient (Wildman–Crippen LogP) is 3.90. The average Bonchev–Trinajstić information content (AvgIpc) is 2.96. The van der Waals surface area contributed by atoms with Crippen LogP contribution in [0, 0.1) is 13.8 Å². The third kappa shape index (κ3) is 3.17. The Kier molecular flexibility index (Phi) is 4.37. The predicted molar refractivity (Wildman–Crippen MR) is 105 cm³/mol. The Morgan fingerprint density at radius 3 is 2.77 bits per heavy atom. The number of H-pyrrole nitrogens is 1. The molecule has 1 aromatic carbocycles. The summed E-state index contributed by atoms with van der Waals surface area (Å²) in [6.07, 6.45) is 5.52. The zero-order valence-electron chi connectivity index (χ0n) is 15.2. The van der Waals surface area contributed by atoms with Crippen molar-refractivity contribution in [3.8, 4) is 0 Å². The molecule has 1 aliphatic rings. The van der Waals surface area contributed by atoms with Gasteiger partial charge in [-0.05, 0) is 62.6 Å². The number of carbonyl (C=O) groups is 1. The summed E-state index contributed by atoms with van der Waals surface area (Å²) in [4.78, 5) is 22.4. The second-order valence-electron chi connectivity index (χ2n) is 7.09. The van der Waals surface area contributed by atoms with Gasteiger partial charge < -0.3 is 15.2 Å².